The van der Waals surface area contributed by atoms with E-state index in [2.05, 4.69) is 19.1 Å². The van der Waals surface area contributed by atoms with Crippen molar-refractivity contribution in [1.29, 1.82) is 0 Å². The molecule has 0 rings (SSSR count). The summed E-state index contributed by atoms with van der Waals surface area (Å²) >= 11 is 4.55. The molecule has 0 bridgehead atoms. The molecular formula is C11H22OS. The standard InChI is InChI=1S/C11H22OS/c1-2-3-4-5-6-7-8-9-10-12-11-13/h11H,2-10H2,1H3. The maximum Gasteiger partial charge on any atom is 0.146 e. The number of hydrogen-bond donors (Lipinski definition) is 0. The van der Waals surface area contributed by atoms with E-state index in [0.717, 1.165) is 13.0 Å². The Labute approximate surface area is 87.9 Å². The number of thiocarbonyl (C=S) groups is 1. The molecular weight excluding hydrogens is 180 g/mol. The van der Waals surface area contributed by atoms with Crippen LogP contribution >= 0.6 is 12.2 Å². The highest BCUT2D eigenvalue weighted by molar-refractivity contribution is 7.78. The number of hydrogen-bond acceptors (Lipinski definition) is 2. The summed E-state index contributed by atoms with van der Waals surface area (Å²) in [6, 6.07) is 0. The summed E-state index contributed by atoms with van der Waals surface area (Å²) in [7, 11) is 0. The van der Waals surface area contributed by atoms with Gasteiger partial charge in [-0.1, -0.05) is 51.9 Å². The van der Waals surface area contributed by atoms with Crippen LogP contribution in [0, 0.1) is 0 Å². The first-order valence-corrected chi connectivity index (χ1v) is 5.94. The van der Waals surface area contributed by atoms with Crippen LogP contribution in [0.5, 0.6) is 0 Å². The van der Waals surface area contributed by atoms with Gasteiger partial charge in [-0.2, -0.15) is 0 Å². The molecule has 0 spiro atoms. The molecule has 78 valence electrons. The van der Waals surface area contributed by atoms with Crippen LogP contribution in [0.1, 0.15) is 58.3 Å². The lowest BCUT2D eigenvalue weighted by atomic mass is 10.1. The summed E-state index contributed by atoms with van der Waals surface area (Å²) in [5, 5.41) is 0. The van der Waals surface area contributed by atoms with Crippen molar-refractivity contribution in [3.8, 4) is 0 Å². The van der Waals surface area contributed by atoms with Crippen molar-refractivity contribution >= 4 is 17.8 Å². The van der Waals surface area contributed by atoms with E-state index < -0.39 is 0 Å². The van der Waals surface area contributed by atoms with Crippen LogP contribution < -0.4 is 0 Å². The lowest BCUT2D eigenvalue weighted by Gasteiger charge is -2.00. The number of ether oxygens (including phenoxy) is 1. The smallest absolute Gasteiger partial charge is 0.146 e. The van der Waals surface area contributed by atoms with Gasteiger partial charge in [0.2, 0.25) is 0 Å². The van der Waals surface area contributed by atoms with Crippen LogP contribution in [0.3, 0.4) is 0 Å². The van der Waals surface area contributed by atoms with E-state index in [4.69, 9.17) is 4.74 Å². The minimum Gasteiger partial charge on any atom is -0.490 e. The predicted octanol–water partition coefficient (Wildman–Crippen LogP) is 4.10. The molecule has 13 heavy (non-hydrogen) atoms. The third-order valence-corrected chi connectivity index (χ3v) is 2.32. The Bertz CT molecular complexity index is 104. The Morgan fingerprint density at radius 1 is 0.923 bits per heavy atom. The lowest BCUT2D eigenvalue weighted by Crippen LogP contribution is -1.90. The third kappa shape index (κ3) is 11.9. The zero-order chi connectivity index (χ0) is 9.78. The summed E-state index contributed by atoms with van der Waals surface area (Å²) in [4.78, 5) is 0. The largest absolute Gasteiger partial charge is 0.490 e. The average molecular weight is 202 g/mol. The van der Waals surface area contributed by atoms with E-state index in [9.17, 15) is 0 Å². The molecule has 0 atom stereocenters. The van der Waals surface area contributed by atoms with Crippen molar-refractivity contribution < 1.29 is 4.74 Å². The average Bonchev–Trinajstić information content (AvgIpc) is 2.16. The topological polar surface area (TPSA) is 9.23 Å². The Kier molecular flexibility index (Phi) is 11.8. The molecule has 0 aliphatic rings. The van der Waals surface area contributed by atoms with Gasteiger partial charge in [0.1, 0.15) is 5.55 Å². The van der Waals surface area contributed by atoms with Crippen LogP contribution in [0.4, 0.5) is 0 Å². The summed E-state index contributed by atoms with van der Waals surface area (Å²) in [5.74, 6) is 0. The molecule has 2 heteroatoms. The fourth-order valence-electron chi connectivity index (χ4n) is 1.37. The number of rotatable bonds is 10. The number of unbranched alkanes of at least 4 members (excludes halogenated alkanes) is 7. The van der Waals surface area contributed by atoms with Gasteiger partial charge in [0.05, 0.1) is 6.61 Å². The summed E-state index contributed by atoms with van der Waals surface area (Å²) in [5.41, 5.74) is 1.36. The third-order valence-electron chi connectivity index (χ3n) is 2.18. The van der Waals surface area contributed by atoms with E-state index in [1.165, 1.54) is 50.5 Å². The Balaban J connectivity index is 2.79. The summed E-state index contributed by atoms with van der Waals surface area (Å²) < 4.78 is 4.97. The molecule has 0 aromatic carbocycles. The van der Waals surface area contributed by atoms with Gasteiger partial charge >= 0.3 is 0 Å². The molecule has 0 unspecified atom stereocenters. The maximum atomic E-state index is 4.97. The van der Waals surface area contributed by atoms with Gasteiger partial charge in [-0.3, -0.25) is 0 Å². The van der Waals surface area contributed by atoms with Gasteiger partial charge in [0, 0.05) is 0 Å². The molecule has 0 aliphatic heterocycles. The fraction of sp³-hybridized carbons (Fsp3) is 0.909. The van der Waals surface area contributed by atoms with Gasteiger partial charge in [0.25, 0.3) is 0 Å². The molecule has 0 amide bonds. The highest BCUT2D eigenvalue weighted by atomic mass is 32.1. The van der Waals surface area contributed by atoms with Crippen LogP contribution in [-0.2, 0) is 4.74 Å². The van der Waals surface area contributed by atoms with E-state index in [1.54, 1.807) is 0 Å². The minimum absolute atomic E-state index is 0.804. The van der Waals surface area contributed by atoms with Crippen molar-refractivity contribution in [2.45, 2.75) is 58.3 Å². The monoisotopic (exact) mass is 202 g/mol. The second-order valence-corrected chi connectivity index (χ2v) is 3.63. The predicted molar refractivity (Wildman–Crippen MR) is 62.2 cm³/mol. The van der Waals surface area contributed by atoms with Gasteiger partial charge in [-0.05, 0) is 18.6 Å². The van der Waals surface area contributed by atoms with E-state index >= 15 is 0 Å². The summed E-state index contributed by atoms with van der Waals surface area (Å²) in [6.07, 6.45) is 10.7. The molecule has 0 aromatic heterocycles. The Morgan fingerprint density at radius 2 is 1.46 bits per heavy atom. The highest BCUT2D eigenvalue weighted by Gasteiger charge is 1.90. The van der Waals surface area contributed by atoms with Gasteiger partial charge in [0.15, 0.2) is 0 Å². The van der Waals surface area contributed by atoms with Crippen molar-refractivity contribution in [3.63, 3.8) is 0 Å². The Morgan fingerprint density at radius 3 is 2.00 bits per heavy atom. The quantitative estimate of drug-likeness (QED) is 0.389. The minimum atomic E-state index is 0.804. The second kappa shape index (κ2) is 11.9. The van der Waals surface area contributed by atoms with Crippen LogP contribution in [0.15, 0.2) is 0 Å². The zero-order valence-electron chi connectivity index (χ0n) is 8.76. The Hall–Kier alpha value is -0.110. The van der Waals surface area contributed by atoms with Crippen molar-refractivity contribution in [1.82, 2.24) is 0 Å². The van der Waals surface area contributed by atoms with Crippen LogP contribution in [0.25, 0.3) is 0 Å². The van der Waals surface area contributed by atoms with Gasteiger partial charge < -0.3 is 4.74 Å². The highest BCUT2D eigenvalue weighted by Crippen LogP contribution is 2.07. The first-order chi connectivity index (χ1) is 6.41. The molecule has 0 N–H and O–H groups in total. The van der Waals surface area contributed by atoms with Gasteiger partial charge in [-0.15, -0.1) is 0 Å². The van der Waals surface area contributed by atoms with E-state index in [-0.39, 0.29) is 0 Å². The molecule has 0 saturated heterocycles. The first-order valence-electron chi connectivity index (χ1n) is 5.47. The molecule has 0 aromatic rings. The SMILES string of the molecule is CCCCCCCCCCOC=S. The normalized spacial score (nSPS) is 9.92. The molecule has 0 fully saturated rings. The fourth-order valence-corrected chi connectivity index (χ4v) is 1.46. The van der Waals surface area contributed by atoms with E-state index in [1.807, 2.05) is 0 Å². The molecule has 0 aliphatic carbocycles. The molecule has 1 nitrogen and oxygen atoms in total. The molecule has 0 radical (unpaired) electrons. The maximum absolute atomic E-state index is 4.97. The van der Waals surface area contributed by atoms with Crippen molar-refractivity contribution in [2.75, 3.05) is 6.61 Å². The van der Waals surface area contributed by atoms with Crippen molar-refractivity contribution in [3.05, 3.63) is 0 Å². The zero-order valence-corrected chi connectivity index (χ0v) is 9.57. The molecule has 0 saturated carbocycles. The van der Waals surface area contributed by atoms with E-state index in [0.29, 0.717) is 0 Å². The van der Waals surface area contributed by atoms with Crippen molar-refractivity contribution in [2.24, 2.45) is 0 Å². The van der Waals surface area contributed by atoms with Crippen LogP contribution in [-0.4, -0.2) is 12.2 Å². The lowest BCUT2D eigenvalue weighted by molar-refractivity contribution is 0.312. The first kappa shape index (κ1) is 12.9. The second-order valence-electron chi connectivity index (χ2n) is 3.44. The molecule has 0 heterocycles. The van der Waals surface area contributed by atoms with Crippen LogP contribution in [0.2, 0.25) is 0 Å². The van der Waals surface area contributed by atoms with Gasteiger partial charge in [-0.25, -0.2) is 0 Å². The summed E-state index contributed by atoms with van der Waals surface area (Å²) in [6.45, 7) is 3.06.